The Morgan fingerprint density at radius 3 is 2.33 bits per heavy atom. The molecule has 82 valence electrons. The van der Waals surface area contributed by atoms with Gasteiger partial charge in [0.2, 0.25) is 0 Å². The number of phenols is 1. The van der Waals surface area contributed by atoms with E-state index in [1.807, 2.05) is 26.8 Å². The number of ether oxygens (including phenoxy) is 2. The van der Waals surface area contributed by atoms with Gasteiger partial charge in [0.15, 0.2) is 5.79 Å². The Balaban J connectivity index is 2.31. The first-order valence-electron chi connectivity index (χ1n) is 5.16. The van der Waals surface area contributed by atoms with Gasteiger partial charge in [-0.3, -0.25) is 0 Å². The molecule has 0 amide bonds. The predicted molar refractivity (Wildman–Crippen MR) is 56.6 cm³/mol. The molecule has 0 spiro atoms. The molecule has 2 rings (SSSR count). The summed E-state index contributed by atoms with van der Waals surface area (Å²) < 4.78 is 11.5. The first-order chi connectivity index (χ1) is 7.01. The summed E-state index contributed by atoms with van der Waals surface area (Å²) in [6, 6.07) is 6.99. The molecule has 3 nitrogen and oxygen atoms in total. The van der Waals surface area contributed by atoms with Gasteiger partial charge in [0.25, 0.3) is 0 Å². The number of hydrogen-bond donors (Lipinski definition) is 1. The Bertz CT molecular complexity index is 352. The van der Waals surface area contributed by atoms with Gasteiger partial charge in [-0.15, -0.1) is 0 Å². The molecule has 0 aromatic heterocycles. The predicted octanol–water partition coefficient (Wildman–Crippen LogP) is 2.39. The Morgan fingerprint density at radius 1 is 1.20 bits per heavy atom. The molecule has 0 unspecified atom stereocenters. The van der Waals surface area contributed by atoms with E-state index in [1.54, 1.807) is 18.2 Å². The fourth-order valence-corrected chi connectivity index (χ4v) is 1.85. The lowest BCUT2D eigenvalue weighted by molar-refractivity contribution is -0.167. The number of hydrogen-bond acceptors (Lipinski definition) is 3. The lowest BCUT2D eigenvalue weighted by Crippen LogP contribution is -2.23. The minimum Gasteiger partial charge on any atom is -0.508 e. The Hall–Kier alpha value is -1.06. The van der Waals surface area contributed by atoms with E-state index in [9.17, 15) is 5.11 Å². The largest absolute Gasteiger partial charge is 0.508 e. The molecule has 0 aliphatic carbocycles. The van der Waals surface area contributed by atoms with Crippen molar-refractivity contribution >= 4 is 0 Å². The first-order valence-corrected chi connectivity index (χ1v) is 5.16. The Labute approximate surface area is 89.6 Å². The van der Waals surface area contributed by atoms with Crippen molar-refractivity contribution in [2.45, 2.75) is 38.8 Å². The molecule has 1 heterocycles. The van der Waals surface area contributed by atoms with Crippen LogP contribution in [0.15, 0.2) is 24.3 Å². The van der Waals surface area contributed by atoms with Crippen molar-refractivity contribution in [1.29, 1.82) is 0 Å². The highest BCUT2D eigenvalue weighted by Gasteiger charge is 2.41. The molecular formula is C12H16O3. The highest BCUT2D eigenvalue weighted by atomic mass is 16.8. The summed E-state index contributed by atoms with van der Waals surface area (Å²) in [5, 5.41) is 9.41. The van der Waals surface area contributed by atoms with Crippen molar-refractivity contribution < 1.29 is 14.6 Å². The highest BCUT2D eigenvalue weighted by Crippen LogP contribution is 2.37. The van der Waals surface area contributed by atoms with Crippen LogP contribution >= 0.6 is 0 Å². The summed E-state index contributed by atoms with van der Waals surface area (Å²) in [4.78, 5) is 0. The van der Waals surface area contributed by atoms with Gasteiger partial charge in [0.05, 0.1) is 12.2 Å². The smallest absolute Gasteiger partial charge is 0.192 e. The number of benzene rings is 1. The summed E-state index contributed by atoms with van der Waals surface area (Å²) in [7, 11) is 0. The summed E-state index contributed by atoms with van der Waals surface area (Å²) in [5.41, 5.74) is 0.846. The lowest BCUT2D eigenvalue weighted by atomic mass is 10.1. The maximum atomic E-state index is 9.41. The molecule has 0 radical (unpaired) electrons. The minimum absolute atomic E-state index is 0.0670. The van der Waals surface area contributed by atoms with Crippen LogP contribution in [0.4, 0.5) is 0 Å². The molecule has 0 bridgehead atoms. The molecule has 1 fully saturated rings. The third kappa shape index (κ3) is 1.85. The van der Waals surface area contributed by atoms with Crippen molar-refractivity contribution in [3.05, 3.63) is 29.8 Å². The topological polar surface area (TPSA) is 38.7 Å². The van der Waals surface area contributed by atoms with Crippen LogP contribution in [-0.2, 0) is 15.3 Å². The fraction of sp³-hybridized carbons (Fsp3) is 0.500. The first kappa shape index (κ1) is 10.5. The van der Waals surface area contributed by atoms with E-state index >= 15 is 0 Å². The van der Waals surface area contributed by atoms with Crippen molar-refractivity contribution in [1.82, 2.24) is 0 Å². The minimum atomic E-state index is -0.739. The molecule has 1 aromatic rings. The van der Waals surface area contributed by atoms with E-state index in [4.69, 9.17) is 9.47 Å². The highest BCUT2D eigenvalue weighted by molar-refractivity contribution is 5.30. The van der Waals surface area contributed by atoms with Crippen LogP contribution in [0.5, 0.6) is 5.75 Å². The normalized spacial score (nSPS) is 29.3. The van der Waals surface area contributed by atoms with E-state index in [0.717, 1.165) is 5.56 Å². The van der Waals surface area contributed by atoms with E-state index in [2.05, 4.69) is 0 Å². The molecular weight excluding hydrogens is 192 g/mol. The fourth-order valence-electron chi connectivity index (χ4n) is 1.85. The van der Waals surface area contributed by atoms with Gasteiger partial charge in [0.1, 0.15) is 5.75 Å². The van der Waals surface area contributed by atoms with Crippen LogP contribution in [0.25, 0.3) is 0 Å². The second-order valence-corrected chi connectivity index (χ2v) is 4.14. The van der Waals surface area contributed by atoms with Crippen molar-refractivity contribution in [3.8, 4) is 5.75 Å². The van der Waals surface area contributed by atoms with Crippen LogP contribution in [-0.4, -0.2) is 17.3 Å². The third-order valence-electron chi connectivity index (χ3n) is 2.85. The maximum Gasteiger partial charge on any atom is 0.192 e. The van der Waals surface area contributed by atoms with Crippen LogP contribution in [0.1, 0.15) is 26.3 Å². The average Bonchev–Trinajstić information content (AvgIpc) is 2.42. The van der Waals surface area contributed by atoms with Crippen molar-refractivity contribution in [2.75, 3.05) is 0 Å². The Kier molecular flexibility index (Phi) is 2.44. The van der Waals surface area contributed by atoms with Gasteiger partial charge < -0.3 is 14.6 Å². The monoisotopic (exact) mass is 208 g/mol. The van der Waals surface area contributed by atoms with Gasteiger partial charge >= 0.3 is 0 Å². The van der Waals surface area contributed by atoms with Crippen molar-refractivity contribution in [3.63, 3.8) is 0 Å². The number of rotatable bonds is 1. The van der Waals surface area contributed by atoms with E-state index in [-0.39, 0.29) is 18.0 Å². The lowest BCUT2D eigenvalue weighted by Gasteiger charge is -2.23. The molecule has 2 atom stereocenters. The number of aromatic hydroxyl groups is 1. The molecule has 1 saturated heterocycles. The zero-order valence-electron chi connectivity index (χ0n) is 9.23. The quantitative estimate of drug-likeness (QED) is 0.770. The SMILES string of the molecule is C[C@@H]1OC(C)(c2cccc(O)c2)O[C@H]1C. The van der Waals surface area contributed by atoms with Gasteiger partial charge in [0, 0.05) is 5.56 Å². The van der Waals surface area contributed by atoms with Gasteiger partial charge in [-0.1, -0.05) is 12.1 Å². The third-order valence-corrected chi connectivity index (χ3v) is 2.85. The van der Waals surface area contributed by atoms with Gasteiger partial charge in [-0.05, 0) is 32.9 Å². The summed E-state index contributed by atoms with van der Waals surface area (Å²) in [6.07, 6.45) is 0.134. The summed E-state index contributed by atoms with van der Waals surface area (Å²) >= 11 is 0. The average molecular weight is 208 g/mol. The molecule has 1 aliphatic heterocycles. The van der Waals surface area contributed by atoms with E-state index in [0.29, 0.717) is 0 Å². The standard InChI is InChI=1S/C12H16O3/c1-8-9(2)15-12(3,14-8)10-5-4-6-11(13)7-10/h4-9,13H,1-3H3/t8-,9-/m0/s1. The van der Waals surface area contributed by atoms with Crippen molar-refractivity contribution in [2.24, 2.45) is 0 Å². The second kappa shape index (κ2) is 3.51. The van der Waals surface area contributed by atoms with Gasteiger partial charge in [-0.25, -0.2) is 0 Å². The second-order valence-electron chi connectivity index (χ2n) is 4.14. The van der Waals surface area contributed by atoms with E-state index in [1.165, 1.54) is 0 Å². The van der Waals surface area contributed by atoms with Crippen LogP contribution < -0.4 is 0 Å². The van der Waals surface area contributed by atoms with Gasteiger partial charge in [-0.2, -0.15) is 0 Å². The molecule has 1 N–H and O–H groups in total. The molecule has 0 saturated carbocycles. The zero-order valence-corrected chi connectivity index (χ0v) is 9.23. The molecule has 1 aromatic carbocycles. The summed E-state index contributed by atoms with van der Waals surface area (Å²) in [5.74, 6) is -0.509. The molecule has 15 heavy (non-hydrogen) atoms. The van der Waals surface area contributed by atoms with Crippen LogP contribution in [0, 0.1) is 0 Å². The van der Waals surface area contributed by atoms with Crippen LogP contribution in [0.3, 0.4) is 0 Å². The maximum absolute atomic E-state index is 9.41. The Morgan fingerprint density at radius 2 is 1.80 bits per heavy atom. The summed E-state index contributed by atoms with van der Waals surface area (Å²) in [6.45, 7) is 5.85. The molecule has 1 aliphatic rings. The number of phenolic OH excluding ortho intramolecular Hbond substituents is 1. The zero-order chi connectivity index (χ0) is 11.1. The molecule has 3 heteroatoms. The van der Waals surface area contributed by atoms with E-state index < -0.39 is 5.79 Å². The van der Waals surface area contributed by atoms with Crippen LogP contribution in [0.2, 0.25) is 0 Å².